The molecule has 214 valence electrons. The van der Waals surface area contributed by atoms with Gasteiger partial charge in [-0.05, 0) is 80.0 Å². The van der Waals surface area contributed by atoms with Crippen LogP contribution in [-0.4, -0.2) is 32.8 Å². The molecule has 0 spiro atoms. The quantitative estimate of drug-likeness (QED) is 0.295. The third-order valence-corrected chi connectivity index (χ3v) is 9.45. The molecule has 0 amide bonds. The summed E-state index contributed by atoms with van der Waals surface area (Å²) in [4.78, 5) is 39.0. The van der Waals surface area contributed by atoms with E-state index in [9.17, 15) is 24.6 Å². The summed E-state index contributed by atoms with van der Waals surface area (Å²) in [5.74, 6) is -2.76. The van der Waals surface area contributed by atoms with E-state index in [0.717, 1.165) is 36.2 Å². The van der Waals surface area contributed by atoms with Crippen LogP contribution in [0.25, 0.3) is 28.5 Å². The lowest BCUT2D eigenvalue weighted by Gasteiger charge is -2.28. The van der Waals surface area contributed by atoms with E-state index in [-0.39, 0.29) is 16.8 Å². The van der Waals surface area contributed by atoms with Gasteiger partial charge in [-0.25, -0.2) is 9.59 Å². The molecule has 2 atom stereocenters. The number of thiazole rings is 1. The van der Waals surface area contributed by atoms with Gasteiger partial charge in [-0.3, -0.25) is 9.36 Å². The van der Waals surface area contributed by atoms with Crippen LogP contribution in [0.1, 0.15) is 62.6 Å². The number of carboxylic acid groups (broad SMARTS) is 2. The minimum Gasteiger partial charge on any atom is -0.477 e. The molecule has 4 aromatic rings. The Morgan fingerprint density at radius 3 is 2.43 bits per heavy atom. The highest BCUT2D eigenvalue weighted by atomic mass is 32.1. The van der Waals surface area contributed by atoms with Crippen molar-refractivity contribution >= 4 is 63.1 Å². The van der Waals surface area contributed by atoms with Crippen molar-refractivity contribution in [1.82, 2.24) is 4.57 Å². The zero-order valence-corrected chi connectivity index (χ0v) is 24.6. The number of aliphatic carboxylic acids is 2. The van der Waals surface area contributed by atoms with Gasteiger partial charge < -0.3 is 15.1 Å². The van der Waals surface area contributed by atoms with Gasteiger partial charge in [0.1, 0.15) is 4.66 Å². The number of anilines is 2. The number of fused-ring (bicyclic) bond motifs is 4. The molecule has 2 aliphatic rings. The van der Waals surface area contributed by atoms with E-state index in [4.69, 9.17) is 0 Å². The Hall–Kier alpha value is -4.43. The summed E-state index contributed by atoms with van der Waals surface area (Å²) in [7, 11) is 0. The Bertz CT molecular complexity index is 1960. The predicted molar refractivity (Wildman–Crippen MR) is 168 cm³/mol. The summed E-state index contributed by atoms with van der Waals surface area (Å²) in [5.41, 5.74) is 5.74. The monoisotopic (exact) mass is 580 g/mol. The SMILES string of the molecule is CCn1c(=C(C(=O)O)C(=O)O)sc(=Cc2ccc3c(c2)C2CCCC2N3c2cccc3c(C=C(C)C)cccc23)c1=O. The molecule has 2 heterocycles. The molecule has 6 rings (SSSR count). The van der Waals surface area contributed by atoms with Crippen LogP contribution in [0.15, 0.2) is 65.0 Å². The maximum absolute atomic E-state index is 13.2. The number of carbonyl (C=O) groups is 2. The van der Waals surface area contributed by atoms with Crippen molar-refractivity contribution in [2.24, 2.45) is 0 Å². The van der Waals surface area contributed by atoms with Gasteiger partial charge in [0.2, 0.25) is 0 Å². The number of hydrogen-bond donors (Lipinski definition) is 2. The normalized spacial score (nSPS) is 17.8. The van der Waals surface area contributed by atoms with Crippen LogP contribution in [0, 0.1) is 0 Å². The second kappa shape index (κ2) is 10.8. The first-order valence-corrected chi connectivity index (χ1v) is 15.0. The summed E-state index contributed by atoms with van der Waals surface area (Å²) in [6.07, 6.45) is 7.31. The van der Waals surface area contributed by atoms with E-state index >= 15 is 0 Å². The molecule has 0 saturated heterocycles. The number of allylic oxidation sites excluding steroid dienone is 1. The minimum atomic E-state index is -1.57. The van der Waals surface area contributed by atoms with Gasteiger partial charge >= 0.3 is 11.9 Å². The number of nitrogens with zero attached hydrogens (tertiary/aromatic N) is 2. The van der Waals surface area contributed by atoms with Crippen molar-refractivity contribution in [2.45, 2.75) is 58.5 Å². The summed E-state index contributed by atoms with van der Waals surface area (Å²) in [6, 6.07) is 19.6. The summed E-state index contributed by atoms with van der Waals surface area (Å²) in [6.45, 7) is 6.09. The molecular weight excluding hydrogens is 548 g/mol. The Morgan fingerprint density at radius 2 is 1.71 bits per heavy atom. The van der Waals surface area contributed by atoms with Crippen LogP contribution in [0.2, 0.25) is 0 Å². The summed E-state index contributed by atoms with van der Waals surface area (Å²) in [5, 5.41) is 21.4. The number of hydrogen-bond acceptors (Lipinski definition) is 5. The van der Waals surface area contributed by atoms with Crippen molar-refractivity contribution < 1.29 is 19.8 Å². The van der Waals surface area contributed by atoms with E-state index in [0.29, 0.717) is 16.5 Å². The van der Waals surface area contributed by atoms with Crippen LogP contribution in [0.4, 0.5) is 11.4 Å². The zero-order chi connectivity index (χ0) is 29.7. The maximum Gasteiger partial charge on any atom is 0.346 e. The highest BCUT2D eigenvalue weighted by molar-refractivity contribution is 7.07. The van der Waals surface area contributed by atoms with Crippen molar-refractivity contribution in [3.8, 4) is 0 Å². The molecule has 3 aromatic carbocycles. The third kappa shape index (κ3) is 4.56. The number of rotatable bonds is 6. The second-order valence-electron chi connectivity index (χ2n) is 11.2. The predicted octanol–water partition coefficient (Wildman–Crippen LogP) is 5.44. The average Bonchev–Trinajstić information content (AvgIpc) is 3.61. The van der Waals surface area contributed by atoms with Crippen molar-refractivity contribution in [1.29, 1.82) is 0 Å². The fraction of sp³-hybridized carbons (Fsp3) is 0.265. The maximum atomic E-state index is 13.2. The fourth-order valence-electron chi connectivity index (χ4n) is 6.66. The highest BCUT2D eigenvalue weighted by Gasteiger charge is 2.42. The fourth-order valence-corrected chi connectivity index (χ4v) is 7.86. The smallest absolute Gasteiger partial charge is 0.346 e. The molecule has 1 fully saturated rings. The van der Waals surface area contributed by atoms with E-state index in [1.54, 1.807) is 13.0 Å². The van der Waals surface area contributed by atoms with Crippen molar-refractivity contribution in [3.05, 3.63) is 96.4 Å². The molecule has 1 aromatic heterocycles. The highest BCUT2D eigenvalue weighted by Crippen LogP contribution is 2.53. The largest absolute Gasteiger partial charge is 0.477 e. The van der Waals surface area contributed by atoms with Gasteiger partial charge in [0.05, 0.1) is 4.53 Å². The lowest BCUT2D eigenvalue weighted by atomic mass is 9.96. The molecule has 1 aliphatic carbocycles. The Kier molecular flexibility index (Phi) is 7.10. The topological polar surface area (TPSA) is 99.8 Å². The molecule has 0 bridgehead atoms. The Morgan fingerprint density at radius 1 is 0.976 bits per heavy atom. The van der Waals surface area contributed by atoms with Crippen LogP contribution >= 0.6 is 11.3 Å². The van der Waals surface area contributed by atoms with E-state index < -0.39 is 17.5 Å². The van der Waals surface area contributed by atoms with E-state index in [1.165, 1.54) is 43.4 Å². The standard InChI is InChI=1S/C34H32N2O5S/c1-4-35-31(37)29(42-32(35)30(33(38)39)34(40)41)18-20-14-15-28-25(17-20)24-11-7-13-27(24)36(28)26-12-6-9-22-21(16-19(2)3)8-5-10-23(22)26/h5-6,8-10,12,14-18,24,27H,4,7,11,13H2,1-3H3,(H,38,39)(H,40,41). The number of benzene rings is 3. The van der Waals surface area contributed by atoms with E-state index in [1.807, 2.05) is 6.07 Å². The van der Waals surface area contributed by atoms with Gasteiger partial charge in [0.25, 0.3) is 5.56 Å². The first-order valence-electron chi connectivity index (χ1n) is 14.2. The number of carboxylic acids is 2. The van der Waals surface area contributed by atoms with Crippen LogP contribution in [0.5, 0.6) is 0 Å². The van der Waals surface area contributed by atoms with Gasteiger partial charge in [-0.1, -0.05) is 54.5 Å². The summed E-state index contributed by atoms with van der Waals surface area (Å²) >= 11 is 0.908. The molecule has 2 unspecified atom stereocenters. The molecule has 1 saturated carbocycles. The number of aromatic nitrogens is 1. The average molecular weight is 581 g/mol. The van der Waals surface area contributed by atoms with E-state index in [2.05, 4.69) is 73.4 Å². The molecular formula is C34H32N2O5S. The molecule has 2 N–H and O–H groups in total. The Balaban J connectivity index is 1.50. The second-order valence-corrected chi connectivity index (χ2v) is 12.2. The summed E-state index contributed by atoms with van der Waals surface area (Å²) < 4.78 is 1.48. The van der Waals surface area contributed by atoms with Gasteiger partial charge in [0.15, 0.2) is 5.57 Å². The lowest BCUT2D eigenvalue weighted by Crippen LogP contribution is -2.33. The van der Waals surface area contributed by atoms with Crippen LogP contribution < -0.4 is 19.7 Å². The molecule has 1 aliphatic heterocycles. The first kappa shape index (κ1) is 27.7. The molecule has 42 heavy (non-hydrogen) atoms. The molecule has 8 heteroatoms. The Labute approximate surface area is 247 Å². The van der Waals surface area contributed by atoms with Crippen LogP contribution in [0.3, 0.4) is 0 Å². The zero-order valence-electron chi connectivity index (χ0n) is 23.8. The lowest BCUT2D eigenvalue weighted by molar-refractivity contribution is -0.136. The molecule has 0 radical (unpaired) electrons. The van der Waals surface area contributed by atoms with Gasteiger partial charge in [0, 0.05) is 35.3 Å². The first-order chi connectivity index (χ1) is 20.2. The minimum absolute atomic E-state index is 0.0552. The van der Waals surface area contributed by atoms with Gasteiger partial charge in [-0.15, -0.1) is 11.3 Å². The van der Waals surface area contributed by atoms with Crippen molar-refractivity contribution in [2.75, 3.05) is 4.90 Å². The van der Waals surface area contributed by atoms with Crippen molar-refractivity contribution in [3.63, 3.8) is 0 Å². The third-order valence-electron chi connectivity index (χ3n) is 8.32. The van der Waals surface area contributed by atoms with Crippen LogP contribution in [-0.2, 0) is 16.1 Å². The van der Waals surface area contributed by atoms with Gasteiger partial charge in [-0.2, -0.15) is 0 Å². The molecule has 7 nitrogen and oxygen atoms in total.